The van der Waals surface area contributed by atoms with Crippen molar-refractivity contribution in [1.82, 2.24) is 10.3 Å². The van der Waals surface area contributed by atoms with Crippen LogP contribution in [-0.4, -0.2) is 35.1 Å². The van der Waals surface area contributed by atoms with Crippen LogP contribution < -0.4 is 14.8 Å². The van der Waals surface area contributed by atoms with Crippen molar-refractivity contribution >= 4 is 34.4 Å². The van der Waals surface area contributed by atoms with Crippen molar-refractivity contribution in [2.24, 2.45) is 0 Å². The highest BCUT2D eigenvalue weighted by atomic mass is 35.5. The van der Waals surface area contributed by atoms with Crippen LogP contribution in [-0.2, 0) is 15.7 Å². The van der Waals surface area contributed by atoms with Gasteiger partial charge in [0.15, 0.2) is 0 Å². The van der Waals surface area contributed by atoms with Crippen LogP contribution in [0, 0.1) is 0 Å². The molecule has 0 aliphatic heterocycles. The van der Waals surface area contributed by atoms with Gasteiger partial charge in [0.2, 0.25) is 0 Å². The number of aromatic amines is 1. The molecule has 2 N–H and O–H groups in total. The van der Waals surface area contributed by atoms with E-state index in [4.69, 9.17) is 25.8 Å². The van der Waals surface area contributed by atoms with E-state index in [1.165, 1.54) is 26.0 Å². The Labute approximate surface area is 245 Å². The third kappa shape index (κ3) is 6.65. The summed E-state index contributed by atoms with van der Waals surface area (Å²) in [6, 6.07) is 14.7. The molecule has 0 saturated heterocycles. The molecule has 0 aliphatic rings. The van der Waals surface area contributed by atoms with Crippen LogP contribution in [0.3, 0.4) is 0 Å². The first-order chi connectivity index (χ1) is 19.7. The summed E-state index contributed by atoms with van der Waals surface area (Å²) in [5.41, 5.74) is -0.485. The number of nitrogens with one attached hydrogen (secondary N) is 2. The maximum atomic E-state index is 13.3. The second-order valence-electron chi connectivity index (χ2n) is 10.3. The Kier molecular flexibility index (Phi) is 8.77. The summed E-state index contributed by atoms with van der Waals surface area (Å²) >= 11 is 6.81. The average Bonchev–Trinajstić information content (AvgIpc) is 3.25. The molecule has 0 fully saturated rings. The second kappa shape index (κ2) is 12.0. The molecule has 0 unspecified atom stereocenters. The van der Waals surface area contributed by atoms with E-state index in [0.29, 0.717) is 33.5 Å². The standard InChI is InChI=1S/C31H30ClF3N2O5/c1-6-40-29(39)30(4,5)37-28(38)27-26(32)25-22(36-27)15-16-23(42-21-13-9-19(10-14-21)31(33,34)35)24(25)18-7-11-20(12-8-18)41-17(2)3/h7-17,36H,6H2,1-5H3,(H,37,38). The van der Waals surface area contributed by atoms with Crippen molar-refractivity contribution in [3.8, 4) is 28.4 Å². The zero-order valence-corrected chi connectivity index (χ0v) is 24.4. The molecule has 0 radical (unpaired) electrons. The molecular formula is C31H30ClF3N2O5. The highest BCUT2D eigenvalue weighted by Crippen LogP contribution is 2.44. The zero-order chi connectivity index (χ0) is 30.8. The Balaban J connectivity index is 1.81. The highest BCUT2D eigenvalue weighted by Gasteiger charge is 2.33. The van der Waals surface area contributed by atoms with Gasteiger partial charge in [-0.15, -0.1) is 0 Å². The fraction of sp³-hybridized carbons (Fsp3) is 0.290. The monoisotopic (exact) mass is 602 g/mol. The quantitative estimate of drug-likeness (QED) is 0.189. The van der Waals surface area contributed by atoms with Gasteiger partial charge in [-0.25, -0.2) is 4.79 Å². The molecule has 11 heteroatoms. The van der Waals surface area contributed by atoms with E-state index in [1.54, 1.807) is 43.3 Å². The number of halogens is 4. The Morgan fingerprint density at radius 3 is 2.14 bits per heavy atom. The molecule has 0 spiro atoms. The van der Waals surface area contributed by atoms with E-state index >= 15 is 0 Å². The summed E-state index contributed by atoms with van der Waals surface area (Å²) in [6.07, 6.45) is -4.53. The minimum atomic E-state index is -4.49. The number of carbonyl (C=O) groups excluding carboxylic acids is 2. The number of fused-ring (bicyclic) bond motifs is 1. The zero-order valence-electron chi connectivity index (χ0n) is 23.6. The summed E-state index contributed by atoms with van der Waals surface area (Å²) in [7, 11) is 0. The van der Waals surface area contributed by atoms with Gasteiger partial charge in [-0.05, 0) is 88.7 Å². The number of H-pyrrole nitrogens is 1. The molecule has 0 atom stereocenters. The van der Waals surface area contributed by atoms with E-state index < -0.39 is 29.2 Å². The minimum absolute atomic E-state index is 0.0109. The van der Waals surface area contributed by atoms with Gasteiger partial charge in [0.25, 0.3) is 5.91 Å². The molecule has 42 heavy (non-hydrogen) atoms. The maximum absolute atomic E-state index is 13.3. The fourth-order valence-electron chi connectivity index (χ4n) is 4.28. The van der Waals surface area contributed by atoms with Gasteiger partial charge >= 0.3 is 12.1 Å². The first kappa shape index (κ1) is 30.8. The van der Waals surface area contributed by atoms with Gasteiger partial charge in [-0.2, -0.15) is 13.2 Å². The number of alkyl halides is 3. The predicted molar refractivity (Wildman–Crippen MR) is 154 cm³/mol. The van der Waals surface area contributed by atoms with Crippen LogP contribution in [0.1, 0.15) is 50.7 Å². The van der Waals surface area contributed by atoms with Gasteiger partial charge in [-0.1, -0.05) is 23.7 Å². The van der Waals surface area contributed by atoms with Gasteiger partial charge < -0.3 is 24.5 Å². The molecule has 3 aromatic carbocycles. The Morgan fingerprint density at radius 1 is 0.952 bits per heavy atom. The topological polar surface area (TPSA) is 89.7 Å². The van der Waals surface area contributed by atoms with Gasteiger partial charge in [0, 0.05) is 16.5 Å². The van der Waals surface area contributed by atoms with Gasteiger partial charge in [-0.3, -0.25) is 4.79 Å². The van der Waals surface area contributed by atoms with Crippen molar-refractivity contribution in [3.63, 3.8) is 0 Å². The molecule has 1 amide bonds. The van der Waals surface area contributed by atoms with Gasteiger partial charge in [0.1, 0.15) is 28.5 Å². The maximum Gasteiger partial charge on any atom is 0.416 e. The average molecular weight is 603 g/mol. The van der Waals surface area contributed by atoms with Crippen LogP contribution in [0.25, 0.3) is 22.0 Å². The lowest BCUT2D eigenvalue weighted by Crippen LogP contribution is -2.50. The van der Waals surface area contributed by atoms with E-state index in [9.17, 15) is 22.8 Å². The number of rotatable bonds is 9. The first-order valence-electron chi connectivity index (χ1n) is 13.2. The molecule has 4 aromatic rings. The Morgan fingerprint density at radius 2 is 1.57 bits per heavy atom. The SMILES string of the molecule is CCOC(=O)C(C)(C)NC(=O)c1[nH]c2ccc(Oc3ccc(C(F)(F)F)cc3)c(-c3ccc(OC(C)C)cc3)c2c1Cl. The minimum Gasteiger partial charge on any atom is -0.491 e. The Bertz CT molecular complexity index is 1590. The number of amides is 1. The van der Waals surface area contributed by atoms with Crippen LogP contribution in [0.5, 0.6) is 17.2 Å². The molecular weight excluding hydrogens is 573 g/mol. The molecule has 222 valence electrons. The molecule has 0 saturated carbocycles. The predicted octanol–water partition coefficient (Wildman–Crippen LogP) is 8.16. The molecule has 1 aromatic heterocycles. The van der Waals surface area contributed by atoms with Crippen LogP contribution in [0.15, 0.2) is 60.7 Å². The van der Waals surface area contributed by atoms with Crippen molar-refractivity contribution in [3.05, 3.63) is 76.9 Å². The molecule has 1 heterocycles. The smallest absolute Gasteiger partial charge is 0.416 e. The number of esters is 1. The van der Waals surface area contributed by atoms with E-state index in [1.807, 2.05) is 13.8 Å². The number of ether oxygens (including phenoxy) is 3. The van der Waals surface area contributed by atoms with E-state index in [2.05, 4.69) is 10.3 Å². The van der Waals surface area contributed by atoms with Crippen LogP contribution in [0.2, 0.25) is 5.02 Å². The molecule has 0 bridgehead atoms. The number of carbonyl (C=O) groups is 2. The van der Waals surface area contributed by atoms with Crippen molar-refractivity contribution in [1.29, 1.82) is 0 Å². The Hall–Kier alpha value is -4.18. The van der Waals surface area contributed by atoms with E-state index in [0.717, 1.165) is 12.1 Å². The molecule has 7 nitrogen and oxygen atoms in total. The first-order valence-corrected chi connectivity index (χ1v) is 13.5. The number of benzene rings is 3. The summed E-state index contributed by atoms with van der Waals surface area (Å²) < 4.78 is 56.1. The highest BCUT2D eigenvalue weighted by molar-refractivity contribution is 6.40. The summed E-state index contributed by atoms with van der Waals surface area (Å²) in [6.45, 7) is 8.65. The van der Waals surface area contributed by atoms with Crippen LogP contribution in [0.4, 0.5) is 13.2 Å². The lowest BCUT2D eigenvalue weighted by atomic mass is 10.00. The summed E-state index contributed by atoms with van der Waals surface area (Å²) in [5, 5.41) is 3.16. The van der Waals surface area contributed by atoms with Crippen molar-refractivity contribution < 1.29 is 37.0 Å². The number of aromatic nitrogens is 1. The lowest BCUT2D eigenvalue weighted by molar-refractivity contribution is -0.149. The van der Waals surface area contributed by atoms with E-state index in [-0.39, 0.29) is 29.2 Å². The molecule has 4 rings (SSSR count). The summed E-state index contributed by atoms with van der Waals surface area (Å²) in [5.74, 6) is -0.149. The fourth-order valence-corrected chi connectivity index (χ4v) is 4.61. The third-order valence-electron chi connectivity index (χ3n) is 6.23. The molecule has 0 aliphatic carbocycles. The number of hydrogen-bond donors (Lipinski definition) is 2. The summed E-state index contributed by atoms with van der Waals surface area (Å²) in [4.78, 5) is 28.6. The number of hydrogen-bond acceptors (Lipinski definition) is 5. The largest absolute Gasteiger partial charge is 0.491 e. The van der Waals surface area contributed by atoms with Crippen molar-refractivity contribution in [2.75, 3.05) is 6.61 Å². The second-order valence-corrected chi connectivity index (χ2v) is 10.7. The normalized spacial score (nSPS) is 12.0. The van der Waals surface area contributed by atoms with Crippen molar-refractivity contribution in [2.45, 2.75) is 52.4 Å². The van der Waals surface area contributed by atoms with Crippen LogP contribution >= 0.6 is 11.6 Å². The van der Waals surface area contributed by atoms with Gasteiger partial charge in [0.05, 0.1) is 23.3 Å². The lowest BCUT2D eigenvalue weighted by Gasteiger charge is -2.23. The third-order valence-corrected chi connectivity index (χ3v) is 6.61.